The van der Waals surface area contributed by atoms with Crippen molar-refractivity contribution >= 4 is 0 Å². The van der Waals surface area contributed by atoms with Crippen LogP contribution in [0, 0.1) is 11.3 Å². The molecule has 0 radical (unpaired) electrons. The van der Waals surface area contributed by atoms with Gasteiger partial charge < -0.3 is 4.74 Å². The van der Waals surface area contributed by atoms with E-state index < -0.39 is 0 Å². The van der Waals surface area contributed by atoms with E-state index in [4.69, 9.17) is 10.00 Å². The Morgan fingerprint density at radius 2 is 2.12 bits per heavy atom. The minimum absolute atomic E-state index is 0.648. The Balaban J connectivity index is 2.28. The lowest BCUT2D eigenvalue weighted by Gasteiger charge is -2.02. The summed E-state index contributed by atoms with van der Waals surface area (Å²) in [7, 11) is 1.65. The fourth-order valence-electron chi connectivity index (χ4n) is 1.68. The van der Waals surface area contributed by atoms with Gasteiger partial charge in [0, 0.05) is 17.7 Å². The van der Waals surface area contributed by atoms with Crippen LogP contribution < -0.4 is 9.30 Å². The van der Waals surface area contributed by atoms with Crippen LogP contribution in [0.3, 0.4) is 0 Å². The average molecular weight is 225 g/mol. The standard InChI is InChI=1S/C14H13N2O/c1-17-14-7-4-5-12(9-14)11-16-8-3-2-6-13(16)10-15/h2-9H,11H2,1H3/q+1. The lowest BCUT2D eigenvalue weighted by molar-refractivity contribution is -0.690. The molecule has 1 aromatic heterocycles. The molecule has 0 spiro atoms. The van der Waals surface area contributed by atoms with E-state index in [0.717, 1.165) is 11.3 Å². The zero-order valence-electron chi connectivity index (χ0n) is 9.63. The Labute approximate surface area is 101 Å². The molecule has 0 amide bonds. The van der Waals surface area contributed by atoms with Gasteiger partial charge in [-0.3, -0.25) is 0 Å². The van der Waals surface area contributed by atoms with Crippen LogP contribution in [-0.2, 0) is 6.54 Å². The summed E-state index contributed by atoms with van der Waals surface area (Å²) in [6, 6.07) is 15.6. The SMILES string of the molecule is COc1cccc(C[n+]2ccccc2C#N)c1. The predicted octanol–water partition coefficient (Wildman–Crippen LogP) is 1.90. The van der Waals surface area contributed by atoms with E-state index >= 15 is 0 Å². The van der Waals surface area contributed by atoms with Crippen molar-refractivity contribution in [1.29, 1.82) is 5.26 Å². The first kappa shape index (κ1) is 11.2. The number of benzene rings is 1. The van der Waals surface area contributed by atoms with Crippen molar-refractivity contribution in [2.75, 3.05) is 7.11 Å². The van der Waals surface area contributed by atoms with Crippen molar-refractivity contribution < 1.29 is 9.30 Å². The van der Waals surface area contributed by atoms with Gasteiger partial charge in [-0.05, 0) is 18.2 Å². The zero-order valence-corrected chi connectivity index (χ0v) is 9.63. The maximum Gasteiger partial charge on any atom is 0.283 e. The van der Waals surface area contributed by atoms with Gasteiger partial charge in [0.05, 0.1) is 7.11 Å². The molecule has 0 saturated heterocycles. The van der Waals surface area contributed by atoms with Gasteiger partial charge in [-0.25, -0.2) is 0 Å². The van der Waals surface area contributed by atoms with Crippen LogP contribution in [0.1, 0.15) is 11.3 Å². The summed E-state index contributed by atoms with van der Waals surface area (Å²) in [4.78, 5) is 0. The van der Waals surface area contributed by atoms with Crippen molar-refractivity contribution in [1.82, 2.24) is 0 Å². The van der Waals surface area contributed by atoms with Crippen molar-refractivity contribution in [3.05, 3.63) is 59.9 Å². The molecule has 0 bridgehead atoms. The molecule has 1 heterocycles. The second-order valence-corrected chi connectivity index (χ2v) is 3.68. The first-order chi connectivity index (χ1) is 8.33. The summed E-state index contributed by atoms with van der Waals surface area (Å²) < 4.78 is 7.09. The molecule has 0 saturated carbocycles. The number of hydrogen-bond donors (Lipinski definition) is 0. The molecule has 0 N–H and O–H groups in total. The Morgan fingerprint density at radius 3 is 2.88 bits per heavy atom. The number of pyridine rings is 1. The minimum atomic E-state index is 0.648. The Kier molecular flexibility index (Phi) is 3.37. The lowest BCUT2D eigenvalue weighted by atomic mass is 10.2. The fraction of sp³-hybridized carbons (Fsp3) is 0.143. The van der Waals surface area contributed by atoms with E-state index in [0.29, 0.717) is 12.2 Å². The van der Waals surface area contributed by atoms with Crippen molar-refractivity contribution in [3.63, 3.8) is 0 Å². The first-order valence-corrected chi connectivity index (χ1v) is 5.35. The van der Waals surface area contributed by atoms with Gasteiger partial charge in [0.25, 0.3) is 5.69 Å². The molecule has 0 aliphatic carbocycles. The van der Waals surface area contributed by atoms with E-state index in [1.807, 2.05) is 47.2 Å². The number of ether oxygens (including phenoxy) is 1. The Bertz CT molecular complexity index is 558. The monoisotopic (exact) mass is 225 g/mol. The normalized spacial score (nSPS) is 9.65. The number of nitriles is 1. The lowest BCUT2D eigenvalue weighted by Crippen LogP contribution is -2.37. The molecule has 3 nitrogen and oxygen atoms in total. The van der Waals surface area contributed by atoms with Crippen molar-refractivity contribution in [3.8, 4) is 11.8 Å². The van der Waals surface area contributed by atoms with Crippen LogP contribution in [0.4, 0.5) is 0 Å². The molecule has 2 aromatic rings. The smallest absolute Gasteiger partial charge is 0.283 e. The molecule has 0 fully saturated rings. The Hall–Kier alpha value is -2.34. The average Bonchev–Trinajstić information content (AvgIpc) is 2.39. The number of nitrogens with zero attached hydrogens (tertiary/aromatic N) is 2. The molecular formula is C14H13N2O+. The van der Waals surface area contributed by atoms with E-state index in [9.17, 15) is 0 Å². The van der Waals surface area contributed by atoms with Crippen LogP contribution >= 0.6 is 0 Å². The van der Waals surface area contributed by atoms with Crippen LogP contribution in [0.15, 0.2) is 48.7 Å². The maximum absolute atomic E-state index is 9.00. The highest BCUT2D eigenvalue weighted by Crippen LogP contribution is 2.12. The van der Waals surface area contributed by atoms with Gasteiger partial charge in [-0.1, -0.05) is 12.1 Å². The van der Waals surface area contributed by atoms with Gasteiger partial charge in [0.15, 0.2) is 18.8 Å². The van der Waals surface area contributed by atoms with Crippen molar-refractivity contribution in [2.24, 2.45) is 0 Å². The molecule has 17 heavy (non-hydrogen) atoms. The topological polar surface area (TPSA) is 36.9 Å². The van der Waals surface area contributed by atoms with E-state index in [1.165, 1.54) is 0 Å². The highest BCUT2D eigenvalue weighted by Gasteiger charge is 2.09. The molecule has 0 aliphatic rings. The van der Waals surface area contributed by atoms with Gasteiger partial charge in [0.2, 0.25) is 0 Å². The van der Waals surface area contributed by atoms with E-state index in [-0.39, 0.29) is 0 Å². The largest absolute Gasteiger partial charge is 0.497 e. The summed E-state index contributed by atoms with van der Waals surface area (Å²) >= 11 is 0. The molecule has 2 rings (SSSR count). The minimum Gasteiger partial charge on any atom is -0.497 e. The Morgan fingerprint density at radius 1 is 1.24 bits per heavy atom. The third-order valence-corrected chi connectivity index (χ3v) is 2.54. The van der Waals surface area contributed by atoms with Crippen LogP contribution in [-0.4, -0.2) is 7.11 Å². The summed E-state index contributed by atoms with van der Waals surface area (Å²) in [5.41, 5.74) is 1.76. The van der Waals surface area contributed by atoms with Crippen LogP contribution in [0.25, 0.3) is 0 Å². The highest BCUT2D eigenvalue weighted by atomic mass is 16.5. The first-order valence-electron chi connectivity index (χ1n) is 5.35. The summed E-state index contributed by atoms with van der Waals surface area (Å²) in [6.45, 7) is 0.668. The maximum atomic E-state index is 9.00. The number of hydrogen-bond acceptors (Lipinski definition) is 2. The predicted molar refractivity (Wildman–Crippen MR) is 63.4 cm³/mol. The number of methoxy groups -OCH3 is 1. The number of aromatic nitrogens is 1. The number of rotatable bonds is 3. The quantitative estimate of drug-likeness (QED) is 0.748. The van der Waals surface area contributed by atoms with Gasteiger partial charge in [0.1, 0.15) is 5.75 Å². The summed E-state index contributed by atoms with van der Waals surface area (Å²) in [6.07, 6.45) is 1.90. The third-order valence-electron chi connectivity index (χ3n) is 2.54. The van der Waals surface area contributed by atoms with E-state index in [2.05, 4.69) is 6.07 Å². The summed E-state index contributed by atoms with van der Waals surface area (Å²) in [5, 5.41) is 9.00. The van der Waals surface area contributed by atoms with Crippen LogP contribution in [0.5, 0.6) is 5.75 Å². The molecule has 84 valence electrons. The molecular weight excluding hydrogens is 212 g/mol. The van der Waals surface area contributed by atoms with Crippen molar-refractivity contribution in [2.45, 2.75) is 6.54 Å². The van der Waals surface area contributed by atoms with Gasteiger partial charge in [-0.2, -0.15) is 9.83 Å². The zero-order chi connectivity index (χ0) is 12.1. The molecule has 0 unspecified atom stereocenters. The molecule has 0 atom stereocenters. The fourth-order valence-corrected chi connectivity index (χ4v) is 1.68. The molecule has 1 aromatic carbocycles. The van der Waals surface area contributed by atoms with Gasteiger partial charge in [-0.15, -0.1) is 0 Å². The molecule has 0 aliphatic heterocycles. The second-order valence-electron chi connectivity index (χ2n) is 3.68. The van der Waals surface area contributed by atoms with Crippen LogP contribution in [0.2, 0.25) is 0 Å². The second kappa shape index (κ2) is 5.13. The third kappa shape index (κ3) is 2.61. The van der Waals surface area contributed by atoms with E-state index in [1.54, 1.807) is 13.2 Å². The summed E-state index contributed by atoms with van der Waals surface area (Å²) in [5.74, 6) is 0.831. The molecule has 3 heteroatoms. The highest BCUT2D eigenvalue weighted by molar-refractivity contribution is 5.28. The van der Waals surface area contributed by atoms with Gasteiger partial charge >= 0.3 is 0 Å².